The molecule has 0 unspecified atom stereocenters. The molecule has 1 aliphatic rings. The van der Waals surface area contributed by atoms with Gasteiger partial charge in [-0.2, -0.15) is 5.10 Å². The quantitative estimate of drug-likeness (QED) is 0.304. The number of nitrogens with one attached hydrogen (secondary N) is 1. The van der Waals surface area contributed by atoms with Crippen LogP contribution in [0.5, 0.6) is 5.75 Å². The Bertz CT molecular complexity index is 996. The summed E-state index contributed by atoms with van der Waals surface area (Å²) in [7, 11) is 1.65. The molecule has 1 amide bonds. The highest BCUT2D eigenvalue weighted by atomic mass is 127. The molecule has 1 fully saturated rings. The third-order valence-corrected chi connectivity index (χ3v) is 6.26. The molecule has 0 heterocycles. The van der Waals surface area contributed by atoms with Crippen LogP contribution in [-0.2, 0) is 10.2 Å². The van der Waals surface area contributed by atoms with Gasteiger partial charge in [0.2, 0.25) is 5.91 Å². The minimum Gasteiger partial charge on any atom is -0.496 e. The van der Waals surface area contributed by atoms with Gasteiger partial charge >= 0.3 is 0 Å². The van der Waals surface area contributed by atoms with E-state index in [4.69, 9.17) is 4.74 Å². The topological polar surface area (TPSA) is 50.7 Å². The van der Waals surface area contributed by atoms with Gasteiger partial charge < -0.3 is 4.74 Å². The number of methoxy groups -OCH3 is 1. The van der Waals surface area contributed by atoms with E-state index < -0.39 is 0 Å². The van der Waals surface area contributed by atoms with Crippen molar-refractivity contribution in [3.05, 3.63) is 99.1 Å². The van der Waals surface area contributed by atoms with E-state index in [1.807, 2.05) is 54.6 Å². The van der Waals surface area contributed by atoms with Gasteiger partial charge in [-0.25, -0.2) is 5.43 Å². The predicted molar refractivity (Wildman–Crippen MR) is 123 cm³/mol. The summed E-state index contributed by atoms with van der Waals surface area (Å²) in [6.45, 7) is 0. The summed E-state index contributed by atoms with van der Waals surface area (Å²) in [5.74, 6) is 0.623. The van der Waals surface area contributed by atoms with Crippen molar-refractivity contribution < 1.29 is 9.53 Å². The number of halogens is 1. The van der Waals surface area contributed by atoms with E-state index >= 15 is 0 Å². The molecule has 4 nitrogen and oxygen atoms in total. The molecule has 0 aromatic heterocycles. The van der Waals surface area contributed by atoms with Gasteiger partial charge in [0.05, 0.1) is 22.8 Å². The van der Waals surface area contributed by atoms with Crippen LogP contribution in [0.2, 0.25) is 0 Å². The van der Waals surface area contributed by atoms with Crippen LogP contribution in [0.1, 0.15) is 23.1 Å². The maximum Gasteiger partial charge on any atom is 0.244 e. The number of nitrogens with zero attached hydrogens (tertiary/aromatic N) is 1. The van der Waals surface area contributed by atoms with E-state index in [1.165, 1.54) is 11.1 Å². The van der Waals surface area contributed by atoms with Crippen LogP contribution in [0, 0.1) is 9.49 Å². The zero-order chi connectivity index (χ0) is 20.3. The number of carbonyl (C=O) groups excluding carboxylic acids is 1. The number of hydrazone groups is 1. The fourth-order valence-electron chi connectivity index (χ4n) is 3.87. The molecule has 5 heteroatoms. The maximum absolute atomic E-state index is 12.9. The molecule has 0 radical (unpaired) electrons. The Labute approximate surface area is 184 Å². The Morgan fingerprint density at radius 3 is 2.24 bits per heavy atom. The fourth-order valence-corrected chi connectivity index (χ4v) is 4.63. The van der Waals surface area contributed by atoms with Crippen molar-refractivity contribution in [3.63, 3.8) is 0 Å². The monoisotopic (exact) mass is 496 g/mol. The first kappa shape index (κ1) is 19.6. The molecule has 0 spiro atoms. The second-order valence-electron chi connectivity index (χ2n) is 7.09. The molecular formula is C24H21IN2O2. The molecule has 1 N–H and O–H groups in total. The van der Waals surface area contributed by atoms with Crippen molar-refractivity contribution in [1.82, 2.24) is 5.43 Å². The smallest absolute Gasteiger partial charge is 0.244 e. The molecule has 0 bridgehead atoms. The third-order valence-electron chi connectivity index (χ3n) is 5.42. The molecule has 1 aliphatic carbocycles. The fraction of sp³-hybridized carbons (Fsp3) is 0.167. The summed E-state index contributed by atoms with van der Waals surface area (Å²) in [6.07, 6.45) is 2.44. The van der Waals surface area contributed by atoms with Crippen LogP contribution in [0.25, 0.3) is 0 Å². The van der Waals surface area contributed by atoms with Crippen LogP contribution in [0.15, 0.2) is 84.0 Å². The molecule has 0 saturated heterocycles. The first-order chi connectivity index (χ1) is 14.1. The summed E-state index contributed by atoms with van der Waals surface area (Å²) < 4.78 is 6.26. The van der Waals surface area contributed by atoms with E-state index in [9.17, 15) is 4.79 Å². The lowest BCUT2D eigenvalue weighted by atomic mass is 9.85. The molecule has 3 aromatic rings. The summed E-state index contributed by atoms with van der Waals surface area (Å²) in [6, 6.07) is 26.3. The van der Waals surface area contributed by atoms with Gasteiger partial charge in [-0.05, 0) is 63.9 Å². The van der Waals surface area contributed by atoms with E-state index in [1.54, 1.807) is 13.3 Å². The standard InChI is InChI=1S/C24H21IN2O2/c1-29-22-13-12-17(14-21(22)25)16-26-27-23(28)20-15-24(20,18-8-4-2-5-9-18)19-10-6-3-7-11-19/h2-14,16,20H,15H2,1H3,(H,27,28)/t20-/m0/s1. The summed E-state index contributed by atoms with van der Waals surface area (Å²) in [5.41, 5.74) is 5.69. The average molecular weight is 496 g/mol. The first-order valence-electron chi connectivity index (χ1n) is 9.42. The van der Waals surface area contributed by atoms with E-state index in [2.05, 4.69) is 57.4 Å². The number of ether oxygens (including phenoxy) is 1. The molecule has 1 atom stereocenters. The normalized spacial score (nSPS) is 17.1. The second-order valence-corrected chi connectivity index (χ2v) is 8.25. The molecule has 3 aromatic carbocycles. The Kier molecular flexibility index (Phi) is 5.67. The van der Waals surface area contributed by atoms with Gasteiger partial charge in [-0.15, -0.1) is 0 Å². The van der Waals surface area contributed by atoms with E-state index in [0.717, 1.165) is 21.3 Å². The SMILES string of the molecule is COc1ccc(C=NNC(=O)[C@@H]2CC2(c2ccccc2)c2ccccc2)cc1I. The van der Waals surface area contributed by atoms with Crippen molar-refractivity contribution in [1.29, 1.82) is 0 Å². The predicted octanol–water partition coefficient (Wildman–Crippen LogP) is 4.76. The highest BCUT2D eigenvalue weighted by molar-refractivity contribution is 14.1. The Morgan fingerprint density at radius 2 is 1.69 bits per heavy atom. The molecule has 29 heavy (non-hydrogen) atoms. The number of hydrogen-bond donors (Lipinski definition) is 1. The lowest BCUT2D eigenvalue weighted by molar-refractivity contribution is -0.122. The molecule has 0 aliphatic heterocycles. The molecule has 4 rings (SSSR count). The van der Waals surface area contributed by atoms with Crippen LogP contribution < -0.4 is 10.2 Å². The van der Waals surface area contributed by atoms with Crippen LogP contribution in [0.3, 0.4) is 0 Å². The van der Waals surface area contributed by atoms with Gasteiger partial charge in [0.15, 0.2) is 0 Å². The van der Waals surface area contributed by atoms with Crippen molar-refractivity contribution in [3.8, 4) is 5.75 Å². The van der Waals surface area contributed by atoms with Gasteiger partial charge in [0.25, 0.3) is 0 Å². The first-order valence-corrected chi connectivity index (χ1v) is 10.5. The van der Waals surface area contributed by atoms with Crippen LogP contribution in [0.4, 0.5) is 0 Å². The Balaban J connectivity index is 1.51. The van der Waals surface area contributed by atoms with Crippen molar-refractivity contribution in [2.24, 2.45) is 11.0 Å². The van der Waals surface area contributed by atoms with Crippen molar-refractivity contribution >= 4 is 34.7 Å². The minimum absolute atomic E-state index is 0.0582. The van der Waals surface area contributed by atoms with Crippen LogP contribution >= 0.6 is 22.6 Å². The zero-order valence-corrected chi connectivity index (χ0v) is 18.2. The number of benzene rings is 3. The van der Waals surface area contributed by atoms with Gasteiger partial charge in [0.1, 0.15) is 5.75 Å². The highest BCUT2D eigenvalue weighted by Gasteiger charge is 2.60. The molecule has 146 valence electrons. The summed E-state index contributed by atoms with van der Waals surface area (Å²) in [4.78, 5) is 12.9. The van der Waals surface area contributed by atoms with Crippen LogP contribution in [-0.4, -0.2) is 19.2 Å². The second kappa shape index (κ2) is 8.37. The van der Waals surface area contributed by atoms with Gasteiger partial charge in [0, 0.05) is 5.41 Å². The van der Waals surface area contributed by atoms with Gasteiger partial charge in [-0.1, -0.05) is 60.7 Å². The third kappa shape index (κ3) is 3.92. The molecular weight excluding hydrogens is 475 g/mol. The van der Waals surface area contributed by atoms with E-state index in [-0.39, 0.29) is 17.2 Å². The molecule has 1 saturated carbocycles. The minimum atomic E-state index is -0.280. The number of rotatable bonds is 6. The summed E-state index contributed by atoms with van der Waals surface area (Å²) >= 11 is 2.22. The summed E-state index contributed by atoms with van der Waals surface area (Å²) in [5, 5.41) is 4.18. The maximum atomic E-state index is 12.9. The lowest BCUT2D eigenvalue weighted by Gasteiger charge is -2.18. The van der Waals surface area contributed by atoms with Crippen molar-refractivity contribution in [2.45, 2.75) is 11.8 Å². The number of hydrogen-bond acceptors (Lipinski definition) is 3. The van der Waals surface area contributed by atoms with E-state index in [0.29, 0.717) is 0 Å². The number of amides is 1. The highest BCUT2D eigenvalue weighted by Crippen LogP contribution is 2.58. The Morgan fingerprint density at radius 1 is 1.07 bits per heavy atom. The number of carbonyl (C=O) groups is 1. The largest absolute Gasteiger partial charge is 0.496 e. The average Bonchev–Trinajstić information content (AvgIpc) is 3.52. The Hall–Kier alpha value is -2.67. The van der Waals surface area contributed by atoms with Crippen molar-refractivity contribution in [2.75, 3.05) is 7.11 Å². The van der Waals surface area contributed by atoms with Gasteiger partial charge in [-0.3, -0.25) is 4.79 Å². The zero-order valence-electron chi connectivity index (χ0n) is 16.0. The lowest BCUT2D eigenvalue weighted by Crippen LogP contribution is -2.25.